The molecule has 2 N–H and O–H groups in total. The Hall–Kier alpha value is -0.830. The maximum atomic E-state index is 11.5. The van der Waals surface area contributed by atoms with E-state index in [1.807, 2.05) is 0 Å². The van der Waals surface area contributed by atoms with E-state index in [9.17, 15) is 4.79 Å². The standard InChI is InChI=1S/C15H26N4OS.HI/c1-15(2,12-7-6-10-21-12)11-18-14(16-3)17-9-8-13(20)19(4)5;/h6-7,10H,8-9,11H2,1-5H3,(H2,16,17,18);1H. The third-order valence-electron chi connectivity index (χ3n) is 3.24. The summed E-state index contributed by atoms with van der Waals surface area (Å²) in [5.41, 5.74) is 0.0469. The van der Waals surface area contributed by atoms with E-state index in [2.05, 4.69) is 47.0 Å². The number of hydrogen-bond acceptors (Lipinski definition) is 3. The van der Waals surface area contributed by atoms with Crippen LogP contribution in [0.3, 0.4) is 0 Å². The lowest BCUT2D eigenvalue weighted by Crippen LogP contribution is -2.44. The smallest absolute Gasteiger partial charge is 0.223 e. The number of carbonyl (C=O) groups excluding carboxylic acids is 1. The number of rotatable bonds is 6. The fourth-order valence-corrected chi connectivity index (χ4v) is 2.64. The second-order valence-corrected chi connectivity index (χ2v) is 6.70. The van der Waals surface area contributed by atoms with Crippen molar-refractivity contribution in [3.05, 3.63) is 22.4 Å². The molecule has 1 aromatic heterocycles. The highest BCUT2D eigenvalue weighted by Crippen LogP contribution is 2.26. The minimum Gasteiger partial charge on any atom is -0.356 e. The van der Waals surface area contributed by atoms with Gasteiger partial charge >= 0.3 is 0 Å². The monoisotopic (exact) mass is 438 g/mol. The molecule has 1 heterocycles. The van der Waals surface area contributed by atoms with Crippen LogP contribution >= 0.6 is 35.3 Å². The number of thiophene rings is 1. The first-order valence-corrected chi connectivity index (χ1v) is 7.93. The molecule has 0 saturated carbocycles. The van der Waals surface area contributed by atoms with Gasteiger partial charge in [0.2, 0.25) is 5.91 Å². The van der Waals surface area contributed by atoms with Crippen LogP contribution in [0.1, 0.15) is 25.1 Å². The highest BCUT2D eigenvalue weighted by Gasteiger charge is 2.21. The van der Waals surface area contributed by atoms with Crippen molar-refractivity contribution in [2.24, 2.45) is 4.99 Å². The number of aliphatic imine (C=N–C) groups is 1. The molecular formula is C15H27IN4OS. The normalized spacial score (nSPS) is 11.6. The Morgan fingerprint density at radius 1 is 1.36 bits per heavy atom. The van der Waals surface area contributed by atoms with Gasteiger partial charge in [-0.15, -0.1) is 35.3 Å². The largest absolute Gasteiger partial charge is 0.356 e. The molecule has 0 spiro atoms. The van der Waals surface area contributed by atoms with Crippen molar-refractivity contribution in [1.29, 1.82) is 0 Å². The fourth-order valence-electron chi connectivity index (χ4n) is 1.79. The first-order valence-electron chi connectivity index (χ1n) is 7.05. The van der Waals surface area contributed by atoms with Crippen LogP contribution in [0.15, 0.2) is 22.5 Å². The SMILES string of the molecule is CN=C(NCCC(=O)N(C)C)NCC(C)(C)c1cccs1.I. The number of carbonyl (C=O) groups is 1. The first kappa shape index (κ1) is 21.2. The maximum Gasteiger partial charge on any atom is 0.223 e. The summed E-state index contributed by atoms with van der Waals surface area (Å²) in [7, 11) is 5.26. The molecule has 5 nitrogen and oxygen atoms in total. The van der Waals surface area contributed by atoms with Crippen LogP contribution in [-0.2, 0) is 10.2 Å². The molecule has 0 saturated heterocycles. The van der Waals surface area contributed by atoms with E-state index in [1.54, 1.807) is 37.4 Å². The number of amides is 1. The third kappa shape index (κ3) is 6.95. The van der Waals surface area contributed by atoms with Crippen molar-refractivity contribution in [1.82, 2.24) is 15.5 Å². The van der Waals surface area contributed by atoms with Crippen LogP contribution in [0.4, 0.5) is 0 Å². The molecule has 1 rings (SSSR count). The van der Waals surface area contributed by atoms with E-state index < -0.39 is 0 Å². The molecule has 0 atom stereocenters. The van der Waals surface area contributed by atoms with Crippen molar-refractivity contribution in [2.75, 3.05) is 34.2 Å². The van der Waals surface area contributed by atoms with Crippen molar-refractivity contribution in [3.8, 4) is 0 Å². The molecule has 0 bridgehead atoms. The van der Waals surface area contributed by atoms with Crippen LogP contribution in [0.25, 0.3) is 0 Å². The highest BCUT2D eigenvalue weighted by molar-refractivity contribution is 14.0. The quantitative estimate of drug-likeness (QED) is 0.407. The van der Waals surface area contributed by atoms with Gasteiger partial charge in [-0.3, -0.25) is 9.79 Å². The van der Waals surface area contributed by atoms with Crippen LogP contribution in [0.5, 0.6) is 0 Å². The van der Waals surface area contributed by atoms with E-state index in [-0.39, 0.29) is 35.3 Å². The molecule has 0 fully saturated rings. The summed E-state index contributed by atoms with van der Waals surface area (Å²) in [5.74, 6) is 0.836. The van der Waals surface area contributed by atoms with E-state index in [4.69, 9.17) is 0 Å². The van der Waals surface area contributed by atoms with Crippen LogP contribution in [0, 0.1) is 0 Å². The molecule has 0 aromatic carbocycles. The molecular weight excluding hydrogens is 411 g/mol. The lowest BCUT2D eigenvalue weighted by Gasteiger charge is -2.25. The lowest BCUT2D eigenvalue weighted by atomic mass is 9.91. The minimum absolute atomic E-state index is 0. The molecule has 0 radical (unpaired) electrons. The third-order valence-corrected chi connectivity index (χ3v) is 4.48. The van der Waals surface area contributed by atoms with Gasteiger partial charge < -0.3 is 15.5 Å². The molecule has 1 amide bonds. The molecule has 0 aliphatic rings. The Balaban J connectivity index is 0.00000441. The average Bonchev–Trinajstić information content (AvgIpc) is 2.97. The second-order valence-electron chi connectivity index (χ2n) is 5.75. The van der Waals surface area contributed by atoms with Gasteiger partial charge in [0.05, 0.1) is 0 Å². The average molecular weight is 438 g/mol. The van der Waals surface area contributed by atoms with Gasteiger partial charge in [-0.05, 0) is 11.4 Å². The molecule has 0 unspecified atom stereocenters. The van der Waals surface area contributed by atoms with Gasteiger partial charge in [0.15, 0.2) is 5.96 Å². The first-order chi connectivity index (χ1) is 9.86. The summed E-state index contributed by atoms with van der Waals surface area (Å²) in [6, 6.07) is 4.22. The molecule has 22 heavy (non-hydrogen) atoms. The Kier molecular flexibility index (Phi) is 9.66. The summed E-state index contributed by atoms with van der Waals surface area (Å²) in [6.07, 6.45) is 0.460. The summed E-state index contributed by atoms with van der Waals surface area (Å²) < 4.78 is 0. The Labute approximate surface area is 154 Å². The van der Waals surface area contributed by atoms with Crippen LogP contribution in [-0.4, -0.2) is 51.0 Å². The molecule has 0 aliphatic carbocycles. The van der Waals surface area contributed by atoms with Crippen molar-refractivity contribution < 1.29 is 4.79 Å². The summed E-state index contributed by atoms with van der Waals surface area (Å²) in [6.45, 7) is 5.77. The molecule has 0 aliphatic heterocycles. The van der Waals surface area contributed by atoms with E-state index in [0.717, 1.165) is 12.5 Å². The number of guanidine groups is 1. The van der Waals surface area contributed by atoms with Gasteiger partial charge in [-0.2, -0.15) is 0 Å². The topological polar surface area (TPSA) is 56.7 Å². The zero-order valence-corrected chi connectivity index (χ0v) is 17.1. The Morgan fingerprint density at radius 3 is 2.55 bits per heavy atom. The number of nitrogens with zero attached hydrogens (tertiary/aromatic N) is 2. The zero-order chi connectivity index (χ0) is 15.9. The van der Waals surface area contributed by atoms with Crippen LogP contribution in [0.2, 0.25) is 0 Å². The van der Waals surface area contributed by atoms with Crippen molar-refractivity contribution >= 4 is 47.2 Å². The van der Waals surface area contributed by atoms with Gasteiger partial charge in [-0.1, -0.05) is 19.9 Å². The predicted octanol–water partition coefficient (Wildman–Crippen LogP) is 2.29. The fraction of sp³-hybridized carbons (Fsp3) is 0.600. The predicted molar refractivity (Wildman–Crippen MR) is 105 cm³/mol. The van der Waals surface area contributed by atoms with Gasteiger partial charge in [0.25, 0.3) is 0 Å². The van der Waals surface area contributed by atoms with Crippen molar-refractivity contribution in [3.63, 3.8) is 0 Å². The van der Waals surface area contributed by atoms with Gasteiger partial charge in [0.1, 0.15) is 0 Å². The van der Waals surface area contributed by atoms with E-state index in [1.165, 1.54) is 4.88 Å². The maximum absolute atomic E-state index is 11.5. The minimum atomic E-state index is 0. The Morgan fingerprint density at radius 2 is 2.05 bits per heavy atom. The van der Waals surface area contributed by atoms with Crippen molar-refractivity contribution in [2.45, 2.75) is 25.7 Å². The molecule has 126 valence electrons. The zero-order valence-electron chi connectivity index (χ0n) is 14.0. The van der Waals surface area contributed by atoms with E-state index in [0.29, 0.717) is 13.0 Å². The number of nitrogens with one attached hydrogen (secondary N) is 2. The second kappa shape index (κ2) is 10.0. The highest BCUT2D eigenvalue weighted by atomic mass is 127. The molecule has 1 aromatic rings. The van der Waals surface area contributed by atoms with Crippen LogP contribution < -0.4 is 10.6 Å². The van der Waals surface area contributed by atoms with E-state index >= 15 is 0 Å². The number of hydrogen-bond donors (Lipinski definition) is 2. The Bertz CT molecular complexity index is 472. The summed E-state index contributed by atoms with van der Waals surface area (Å²) in [4.78, 5) is 18.6. The lowest BCUT2D eigenvalue weighted by molar-refractivity contribution is -0.128. The molecule has 7 heteroatoms. The summed E-state index contributed by atoms with van der Waals surface area (Å²) in [5, 5.41) is 8.58. The number of halogens is 1. The summed E-state index contributed by atoms with van der Waals surface area (Å²) >= 11 is 1.76. The van der Waals surface area contributed by atoms with Gasteiger partial charge in [-0.25, -0.2) is 0 Å². The van der Waals surface area contributed by atoms with Gasteiger partial charge in [0, 0.05) is 50.9 Å².